The third-order valence-corrected chi connectivity index (χ3v) is 3.47. The van der Waals surface area contributed by atoms with Crippen LogP contribution in [0.5, 0.6) is 0 Å². The van der Waals surface area contributed by atoms with Crippen molar-refractivity contribution in [3.63, 3.8) is 0 Å². The Morgan fingerprint density at radius 3 is 2.83 bits per heavy atom. The highest BCUT2D eigenvalue weighted by Gasteiger charge is 2.18. The van der Waals surface area contributed by atoms with Crippen molar-refractivity contribution in [2.24, 2.45) is 5.92 Å². The molecule has 0 amide bonds. The summed E-state index contributed by atoms with van der Waals surface area (Å²) in [5, 5.41) is 0. The summed E-state index contributed by atoms with van der Waals surface area (Å²) in [7, 11) is 4.38. The molecule has 0 aliphatic carbocycles. The Labute approximate surface area is 84.0 Å². The topological polar surface area (TPSA) is 6.48 Å². The van der Waals surface area contributed by atoms with E-state index in [1.54, 1.807) is 0 Å². The van der Waals surface area contributed by atoms with Gasteiger partial charge in [-0.25, -0.2) is 0 Å². The number of halogens is 1. The molecule has 1 rings (SSSR count). The Bertz CT molecular complexity index is 130. The maximum atomic E-state index is 3.45. The van der Waals surface area contributed by atoms with Gasteiger partial charge in [-0.05, 0) is 45.9 Å². The Kier molecular flexibility index (Phi) is 4.54. The van der Waals surface area contributed by atoms with Crippen LogP contribution in [0.15, 0.2) is 0 Å². The highest BCUT2D eigenvalue weighted by atomic mass is 79.9. The van der Waals surface area contributed by atoms with Gasteiger partial charge in [0.2, 0.25) is 0 Å². The van der Waals surface area contributed by atoms with Crippen LogP contribution in [-0.2, 0) is 0 Å². The molecule has 0 aromatic carbocycles. The van der Waals surface area contributed by atoms with Gasteiger partial charge in [-0.15, -0.1) is 0 Å². The maximum absolute atomic E-state index is 3.45. The lowest BCUT2D eigenvalue weighted by molar-refractivity contribution is 0.333. The van der Waals surface area contributed by atoms with E-state index in [2.05, 4.69) is 39.8 Å². The predicted molar refractivity (Wildman–Crippen MR) is 56.6 cm³/mol. The minimum atomic E-state index is 0.941. The molecule has 1 aliphatic rings. The number of alkyl halides is 1. The molecule has 0 saturated carbocycles. The van der Waals surface area contributed by atoms with Crippen LogP contribution in [0, 0.1) is 5.92 Å². The molecule has 72 valence electrons. The van der Waals surface area contributed by atoms with Crippen LogP contribution in [0.2, 0.25) is 0 Å². The van der Waals surface area contributed by atoms with Crippen molar-refractivity contribution < 1.29 is 0 Å². The van der Waals surface area contributed by atoms with Gasteiger partial charge in [-0.3, -0.25) is 4.90 Å². The molecule has 0 N–H and O–H groups in total. The fraction of sp³-hybridized carbons (Fsp3) is 1.00. The molecule has 3 heteroatoms. The zero-order valence-electron chi connectivity index (χ0n) is 8.09. The van der Waals surface area contributed by atoms with Gasteiger partial charge in [0.25, 0.3) is 0 Å². The lowest BCUT2D eigenvalue weighted by atomic mass is 10.1. The lowest BCUT2D eigenvalue weighted by Crippen LogP contribution is -2.21. The van der Waals surface area contributed by atoms with E-state index in [1.807, 2.05) is 0 Å². The van der Waals surface area contributed by atoms with Crippen molar-refractivity contribution in [2.45, 2.75) is 12.8 Å². The summed E-state index contributed by atoms with van der Waals surface area (Å²) >= 11 is 3.45. The standard InChI is InChI=1S/C9H19BrN2/c1-11-5-3-9(7-11)4-6-12(2)8-10/h9H,3-8H2,1-2H3. The van der Waals surface area contributed by atoms with Crippen LogP contribution >= 0.6 is 15.9 Å². The maximum Gasteiger partial charge on any atom is 0.0539 e. The van der Waals surface area contributed by atoms with E-state index >= 15 is 0 Å². The molecule has 2 nitrogen and oxygen atoms in total. The minimum absolute atomic E-state index is 0.941. The van der Waals surface area contributed by atoms with Crippen LogP contribution in [0.25, 0.3) is 0 Å². The van der Waals surface area contributed by atoms with Crippen molar-refractivity contribution in [1.82, 2.24) is 9.80 Å². The molecule has 1 saturated heterocycles. The van der Waals surface area contributed by atoms with Crippen LogP contribution < -0.4 is 0 Å². The average Bonchev–Trinajstić information content (AvgIpc) is 2.47. The largest absolute Gasteiger partial charge is 0.306 e. The van der Waals surface area contributed by atoms with Crippen molar-refractivity contribution in [3.8, 4) is 0 Å². The van der Waals surface area contributed by atoms with Gasteiger partial charge in [-0.1, -0.05) is 15.9 Å². The lowest BCUT2D eigenvalue weighted by Gasteiger charge is -2.16. The molecule has 0 spiro atoms. The van der Waals surface area contributed by atoms with Gasteiger partial charge < -0.3 is 4.90 Å². The van der Waals surface area contributed by atoms with Crippen molar-refractivity contribution in [3.05, 3.63) is 0 Å². The zero-order chi connectivity index (χ0) is 8.97. The van der Waals surface area contributed by atoms with Gasteiger partial charge in [0.1, 0.15) is 0 Å². The first-order chi connectivity index (χ1) is 5.72. The zero-order valence-corrected chi connectivity index (χ0v) is 9.68. The van der Waals surface area contributed by atoms with E-state index in [0.29, 0.717) is 0 Å². The van der Waals surface area contributed by atoms with Crippen LogP contribution in [0.4, 0.5) is 0 Å². The Hall–Kier alpha value is 0.400. The second kappa shape index (κ2) is 5.20. The quantitative estimate of drug-likeness (QED) is 0.539. The van der Waals surface area contributed by atoms with Gasteiger partial charge >= 0.3 is 0 Å². The summed E-state index contributed by atoms with van der Waals surface area (Å²) in [6.45, 7) is 3.82. The minimum Gasteiger partial charge on any atom is -0.306 e. The Balaban J connectivity index is 2.07. The smallest absolute Gasteiger partial charge is 0.0539 e. The molecule has 12 heavy (non-hydrogen) atoms. The second-order valence-corrected chi connectivity index (χ2v) is 4.41. The molecule has 1 atom stereocenters. The first kappa shape index (κ1) is 10.5. The number of hydrogen-bond acceptors (Lipinski definition) is 2. The molecule has 1 aliphatic heterocycles. The number of hydrogen-bond donors (Lipinski definition) is 0. The molecule has 0 radical (unpaired) electrons. The fourth-order valence-corrected chi connectivity index (χ4v) is 1.98. The summed E-state index contributed by atoms with van der Waals surface area (Å²) in [5.41, 5.74) is 0.996. The second-order valence-electron chi connectivity index (χ2n) is 3.90. The fourth-order valence-electron chi connectivity index (χ4n) is 1.72. The third-order valence-electron chi connectivity index (χ3n) is 2.61. The summed E-state index contributed by atoms with van der Waals surface area (Å²) in [4.78, 5) is 4.75. The van der Waals surface area contributed by atoms with Gasteiger partial charge in [-0.2, -0.15) is 0 Å². The summed E-state index contributed by atoms with van der Waals surface area (Å²) < 4.78 is 0. The van der Waals surface area contributed by atoms with E-state index < -0.39 is 0 Å². The van der Waals surface area contributed by atoms with E-state index in [9.17, 15) is 0 Å². The molecule has 1 fully saturated rings. The van der Waals surface area contributed by atoms with E-state index in [4.69, 9.17) is 0 Å². The number of rotatable bonds is 4. The Morgan fingerprint density at radius 2 is 2.33 bits per heavy atom. The summed E-state index contributed by atoms with van der Waals surface area (Å²) in [6.07, 6.45) is 2.75. The third kappa shape index (κ3) is 3.42. The van der Waals surface area contributed by atoms with Crippen molar-refractivity contribution in [1.29, 1.82) is 0 Å². The summed E-state index contributed by atoms with van der Waals surface area (Å²) in [6, 6.07) is 0. The molecule has 1 unspecified atom stereocenters. The van der Waals surface area contributed by atoms with Crippen molar-refractivity contribution in [2.75, 3.05) is 39.2 Å². The van der Waals surface area contributed by atoms with Crippen molar-refractivity contribution >= 4 is 15.9 Å². The van der Waals surface area contributed by atoms with E-state index in [-0.39, 0.29) is 0 Å². The van der Waals surface area contributed by atoms with Crippen LogP contribution in [0.3, 0.4) is 0 Å². The van der Waals surface area contributed by atoms with Gasteiger partial charge in [0, 0.05) is 6.54 Å². The number of nitrogens with zero attached hydrogens (tertiary/aromatic N) is 2. The summed E-state index contributed by atoms with van der Waals surface area (Å²) in [5.74, 6) is 0.941. The molecule has 0 aromatic heterocycles. The molecule has 0 aromatic rings. The SMILES string of the molecule is CN(CBr)CCC1CCN(C)C1. The van der Waals surface area contributed by atoms with Crippen LogP contribution in [-0.4, -0.2) is 49.0 Å². The highest BCUT2D eigenvalue weighted by molar-refractivity contribution is 9.09. The molecular formula is C9H19BrN2. The monoisotopic (exact) mass is 234 g/mol. The van der Waals surface area contributed by atoms with Gasteiger partial charge in [0.15, 0.2) is 0 Å². The van der Waals surface area contributed by atoms with Gasteiger partial charge in [0.05, 0.1) is 5.45 Å². The van der Waals surface area contributed by atoms with E-state index in [1.165, 1.54) is 32.5 Å². The number of likely N-dealkylation sites (tertiary alicyclic amines) is 1. The first-order valence-electron chi connectivity index (χ1n) is 4.65. The first-order valence-corrected chi connectivity index (χ1v) is 5.77. The van der Waals surface area contributed by atoms with Crippen LogP contribution in [0.1, 0.15) is 12.8 Å². The highest BCUT2D eigenvalue weighted by Crippen LogP contribution is 2.17. The average molecular weight is 235 g/mol. The van der Waals surface area contributed by atoms with E-state index in [0.717, 1.165) is 11.4 Å². The molecule has 0 bridgehead atoms. The normalized spacial score (nSPS) is 25.5. The molecular weight excluding hydrogens is 216 g/mol. The Morgan fingerprint density at radius 1 is 1.58 bits per heavy atom. The molecule has 1 heterocycles. The predicted octanol–water partition coefficient (Wildman–Crippen LogP) is 1.61.